The molecule has 2 N–H and O–H groups in total. The quantitative estimate of drug-likeness (QED) is 0.536. The Morgan fingerprint density at radius 2 is 1.79 bits per heavy atom. The van der Waals surface area contributed by atoms with Crippen LogP contribution in [-0.2, 0) is 20.7 Å². The minimum atomic E-state index is -0.428. The van der Waals surface area contributed by atoms with Crippen molar-refractivity contribution in [1.82, 2.24) is 0 Å². The van der Waals surface area contributed by atoms with E-state index in [4.69, 9.17) is 9.47 Å². The first-order valence-corrected chi connectivity index (χ1v) is 9.63. The Kier molecular flexibility index (Phi) is 6.61. The van der Waals surface area contributed by atoms with Crippen molar-refractivity contribution in [2.24, 2.45) is 0 Å². The number of imide groups is 1. The molecule has 3 rings (SSSR count). The van der Waals surface area contributed by atoms with Crippen LogP contribution in [0.2, 0.25) is 0 Å². The van der Waals surface area contributed by atoms with E-state index in [-0.39, 0.29) is 24.8 Å². The Morgan fingerprint density at radius 1 is 1.10 bits per heavy atom. The average molecular weight is 397 g/mol. The molecule has 2 aromatic rings. The van der Waals surface area contributed by atoms with Crippen molar-refractivity contribution in [1.29, 1.82) is 0 Å². The number of nitrogens with zero attached hydrogens (tertiary/aromatic N) is 1. The van der Waals surface area contributed by atoms with Gasteiger partial charge >= 0.3 is 5.97 Å². The highest BCUT2D eigenvalue weighted by molar-refractivity contribution is 6.21. The number of carbonyl (C=O) groups excluding carboxylic acids is 3. The van der Waals surface area contributed by atoms with Crippen LogP contribution in [0.5, 0.6) is 5.75 Å². The van der Waals surface area contributed by atoms with Gasteiger partial charge in [-0.25, -0.2) is 9.69 Å². The van der Waals surface area contributed by atoms with Gasteiger partial charge in [0, 0.05) is 6.42 Å². The summed E-state index contributed by atoms with van der Waals surface area (Å²) in [5.41, 5.74) is 2.00. The zero-order chi connectivity index (χ0) is 20.8. The predicted octanol–water partition coefficient (Wildman–Crippen LogP) is 1.31. The number of methoxy groups -OCH3 is 1. The highest BCUT2D eigenvalue weighted by Gasteiger charge is 2.42. The summed E-state index contributed by atoms with van der Waals surface area (Å²) in [7, 11) is 1.63. The normalized spacial score (nSPS) is 16.2. The summed E-state index contributed by atoms with van der Waals surface area (Å²) in [5, 5.41) is 1.91. The number of hydrogen-bond donors (Lipinski definition) is 1. The summed E-state index contributed by atoms with van der Waals surface area (Å²) >= 11 is 0. The Hall–Kier alpha value is -3.19. The molecule has 1 aliphatic heterocycles. The molecule has 7 heteroatoms. The zero-order valence-corrected chi connectivity index (χ0v) is 16.6. The number of ether oxygens (including phenoxy) is 2. The number of quaternary nitrogens is 1. The first-order valence-electron chi connectivity index (χ1n) is 9.63. The molecular weight excluding hydrogens is 372 g/mol. The SMILES string of the molecule is CCOC(=O)c1ccc(N2C(=O)C[C@@H]([NH2+]CCc3ccc(OC)cc3)C2=O)cc1. The maximum Gasteiger partial charge on any atom is 0.338 e. The summed E-state index contributed by atoms with van der Waals surface area (Å²) in [4.78, 5) is 38.1. The first-order chi connectivity index (χ1) is 14.0. The fourth-order valence-electron chi connectivity index (χ4n) is 3.32. The lowest BCUT2D eigenvalue weighted by Gasteiger charge is -2.14. The highest BCUT2D eigenvalue weighted by atomic mass is 16.5. The number of hydrogen-bond acceptors (Lipinski definition) is 5. The van der Waals surface area contributed by atoms with E-state index in [2.05, 4.69) is 0 Å². The second-order valence-electron chi connectivity index (χ2n) is 6.77. The van der Waals surface area contributed by atoms with E-state index in [1.54, 1.807) is 38.3 Å². The molecule has 1 aliphatic rings. The van der Waals surface area contributed by atoms with Crippen molar-refractivity contribution in [2.45, 2.75) is 25.8 Å². The Morgan fingerprint density at radius 3 is 2.41 bits per heavy atom. The second kappa shape index (κ2) is 9.34. The largest absolute Gasteiger partial charge is 0.497 e. The standard InChI is InChI=1S/C22H24N2O5/c1-3-29-22(27)16-6-8-17(9-7-16)24-20(25)14-19(21(24)26)23-13-12-15-4-10-18(28-2)11-5-15/h4-11,19,23H,3,12-14H2,1-2H3/p+1/t19-/m1/s1. The monoisotopic (exact) mass is 397 g/mol. The number of benzene rings is 2. The van der Waals surface area contributed by atoms with E-state index in [9.17, 15) is 14.4 Å². The highest BCUT2D eigenvalue weighted by Crippen LogP contribution is 2.22. The van der Waals surface area contributed by atoms with E-state index in [1.807, 2.05) is 29.6 Å². The van der Waals surface area contributed by atoms with Crippen molar-refractivity contribution < 1.29 is 29.2 Å². The Labute approximate surface area is 169 Å². The summed E-state index contributed by atoms with van der Waals surface area (Å²) in [6.07, 6.45) is 0.956. The summed E-state index contributed by atoms with van der Waals surface area (Å²) in [5.74, 6) is -0.0834. The lowest BCUT2D eigenvalue weighted by Crippen LogP contribution is -2.92. The van der Waals surface area contributed by atoms with Crippen molar-refractivity contribution in [3.8, 4) is 5.75 Å². The van der Waals surface area contributed by atoms with Gasteiger partial charge in [-0.05, 0) is 48.9 Å². The molecule has 0 aliphatic carbocycles. The summed E-state index contributed by atoms with van der Waals surface area (Å²) < 4.78 is 10.1. The fourth-order valence-corrected chi connectivity index (χ4v) is 3.32. The minimum Gasteiger partial charge on any atom is -0.497 e. The number of esters is 1. The van der Waals surface area contributed by atoms with Crippen LogP contribution in [0.1, 0.15) is 29.3 Å². The molecule has 29 heavy (non-hydrogen) atoms. The third kappa shape index (κ3) is 4.81. The summed E-state index contributed by atoms with van der Waals surface area (Å²) in [6.45, 7) is 2.72. The van der Waals surface area contributed by atoms with Gasteiger partial charge in [-0.3, -0.25) is 9.59 Å². The van der Waals surface area contributed by atoms with E-state index < -0.39 is 12.0 Å². The van der Waals surface area contributed by atoms with Gasteiger partial charge in [-0.15, -0.1) is 0 Å². The number of carbonyl (C=O) groups is 3. The van der Waals surface area contributed by atoms with E-state index in [0.29, 0.717) is 17.8 Å². The van der Waals surface area contributed by atoms with E-state index in [0.717, 1.165) is 17.7 Å². The van der Waals surface area contributed by atoms with Crippen LogP contribution in [0, 0.1) is 0 Å². The van der Waals surface area contributed by atoms with Gasteiger partial charge < -0.3 is 14.8 Å². The molecule has 7 nitrogen and oxygen atoms in total. The maximum absolute atomic E-state index is 12.7. The first kappa shape index (κ1) is 20.5. The van der Waals surface area contributed by atoms with Gasteiger partial charge in [0.25, 0.3) is 5.91 Å². The molecule has 1 atom stereocenters. The van der Waals surface area contributed by atoms with E-state index in [1.165, 1.54) is 4.90 Å². The topological polar surface area (TPSA) is 89.5 Å². The van der Waals surface area contributed by atoms with Crippen LogP contribution >= 0.6 is 0 Å². The average Bonchev–Trinajstić information content (AvgIpc) is 3.02. The molecule has 2 amide bonds. The van der Waals surface area contributed by atoms with Gasteiger partial charge in [-0.2, -0.15) is 0 Å². The van der Waals surface area contributed by atoms with Crippen LogP contribution in [0.4, 0.5) is 5.69 Å². The van der Waals surface area contributed by atoms with E-state index >= 15 is 0 Å². The number of anilines is 1. The smallest absolute Gasteiger partial charge is 0.338 e. The van der Waals surface area contributed by atoms with Crippen LogP contribution < -0.4 is 15.0 Å². The van der Waals surface area contributed by atoms with Gasteiger partial charge in [0.2, 0.25) is 5.91 Å². The van der Waals surface area contributed by atoms with Crippen molar-refractivity contribution in [3.63, 3.8) is 0 Å². The summed E-state index contributed by atoms with van der Waals surface area (Å²) in [6, 6.07) is 13.7. The molecule has 0 bridgehead atoms. The number of rotatable bonds is 8. The molecule has 0 spiro atoms. The van der Waals surface area contributed by atoms with Gasteiger partial charge in [-0.1, -0.05) is 12.1 Å². The maximum atomic E-state index is 12.7. The van der Waals surface area contributed by atoms with Crippen LogP contribution in [0.3, 0.4) is 0 Å². The molecule has 0 radical (unpaired) electrons. The Balaban J connectivity index is 1.58. The molecule has 1 saturated heterocycles. The molecule has 152 valence electrons. The van der Waals surface area contributed by atoms with Gasteiger partial charge in [0.1, 0.15) is 5.75 Å². The molecule has 0 unspecified atom stereocenters. The second-order valence-corrected chi connectivity index (χ2v) is 6.77. The molecule has 0 aromatic heterocycles. The zero-order valence-electron chi connectivity index (χ0n) is 16.6. The molecule has 2 aromatic carbocycles. The molecular formula is C22H25N2O5+. The Bertz CT molecular complexity index is 877. The third-order valence-corrected chi connectivity index (χ3v) is 4.86. The number of nitrogens with two attached hydrogens (primary N) is 1. The van der Waals surface area contributed by atoms with Crippen LogP contribution in [0.25, 0.3) is 0 Å². The van der Waals surface area contributed by atoms with Crippen molar-refractivity contribution in [3.05, 3.63) is 59.7 Å². The van der Waals surface area contributed by atoms with Crippen molar-refractivity contribution in [2.75, 3.05) is 25.2 Å². The molecule has 1 fully saturated rings. The predicted molar refractivity (Wildman–Crippen MR) is 107 cm³/mol. The molecule has 0 saturated carbocycles. The molecule has 1 heterocycles. The minimum absolute atomic E-state index is 0.168. The van der Waals surface area contributed by atoms with Crippen LogP contribution in [-0.4, -0.2) is 44.1 Å². The van der Waals surface area contributed by atoms with Crippen molar-refractivity contribution >= 4 is 23.5 Å². The lowest BCUT2D eigenvalue weighted by atomic mass is 10.1. The van der Waals surface area contributed by atoms with Gasteiger partial charge in [0.15, 0.2) is 6.04 Å². The third-order valence-electron chi connectivity index (χ3n) is 4.86. The van der Waals surface area contributed by atoms with Crippen LogP contribution in [0.15, 0.2) is 48.5 Å². The number of amides is 2. The lowest BCUT2D eigenvalue weighted by molar-refractivity contribution is -0.674. The fraction of sp³-hybridized carbons (Fsp3) is 0.318. The van der Waals surface area contributed by atoms with Gasteiger partial charge in [0.05, 0.1) is 37.9 Å².